The monoisotopic (exact) mass is 601 g/mol. The van der Waals surface area contributed by atoms with Crippen molar-refractivity contribution in [3.63, 3.8) is 0 Å². The second-order valence-electron chi connectivity index (χ2n) is 11.6. The van der Waals surface area contributed by atoms with Crippen LogP contribution in [0.2, 0.25) is 0 Å². The summed E-state index contributed by atoms with van der Waals surface area (Å²) in [6.45, 7) is 12.9. The molecule has 43 heavy (non-hydrogen) atoms. The second-order valence-corrected chi connectivity index (χ2v) is 12.8. The van der Waals surface area contributed by atoms with E-state index in [4.69, 9.17) is 14.5 Å². The third-order valence-electron chi connectivity index (χ3n) is 7.13. The van der Waals surface area contributed by atoms with Crippen LogP contribution in [0.4, 0.5) is 11.4 Å². The highest BCUT2D eigenvalue weighted by Crippen LogP contribution is 2.40. The number of carboxylic acid groups (broad SMARTS) is 1. The van der Waals surface area contributed by atoms with Gasteiger partial charge in [0.2, 0.25) is 0 Å². The average molecular weight is 602 g/mol. The lowest BCUT2D eigenvalue weighted by Gasteiger charge is -2.19. The number of benzene rings is 2. The Morgan fingerprint density at radius 2 is 1.65 bits per heavy atom. The van der Waals surface area contributed by atoms with Gasteiger partial charge in [0.15, 0.2) is 12.4 Å². The molecule has 1 aliphatic heterocycles. The minimum Gasteiger partial charge on any atom is -0.482 e. The maximum Gasteiger partial charge on any atom is 0.344 e. The van der Waals surface area contributed by atoms with Crippen molar-refractivity contribution in [1.82, 2.24) is 14.8 Å². The smallest absolute Gasteiger partial charge is 0.344 e. The standard InChI is InChI=1S/C32H35N5O5S/c1-17-19(3)43-30-26(17)28(34-27(18(2)31(39)40)29-36-35-20(4)37(29)30)21-8-10-22(11-9-21)33-23-12-14-24(15-13-23)41-16-25(38)42-32(5,6)7/h8-15,18,27,33H,16H2,1-7H3,(H,39,40)/t18?,27-/m0/s1. The van der Waals surface area contributed by atoms with Crippen molar-refractivity contribution in [1.29, 1.82) is 0 Å². The molecule has 0 saturated heterocycles. The Kier molecular flexibility index (Phi) is 8.11. The van der Waals surface area contributed by atoms with Crippen molar-refractivity contribution >= 4 is 40.4 Å². The maximum absolute atomic E-state index is 12.1. The zero-order valence-electron chi connectivity index (χ0n) is 25.3. The average Bonchev–Trinajstić information content (AvgIpc) is 3.41. The molecule has 1 aliphatic rings. The van der Waals surface area contributed by atoms with Crippen LogP contribution >= 0.6 is 11.3 Å². The summed E-state index contributed by atoms with van der Waals surface area (Å²) >= 11 is 1.63. The summed E-state index contributed by atoms with van der Waals surface area (Å²) in [6, 6.07) is 14.5. The molecule has 2 aromatic carbocycles. The van der Waals surface area contributed by atoms with Gasteiger partial charge < -0.3 is 19.9 Å². The summed E-state index contributed by atoms with van der Waals surface area (Å²) in [7, 11) is 0. The summed E-state index contributed by atoms with van der Waals surface area (Å²) < 4.78 is 12.8. The number of thiophene rings is 1. The first kappa shape index (κ1) is 30.0. The molecule has 224 valence electrons. The fourth-order valence-corrected chi connectivity index (χ4v) is 6.06. The highest BCUT2D eigenvalue weighted by Gasteiger charge is 2.36. The van der Waals surface area contributed by atoms with Crippen molar-refractivity contribution in [2.75, 3.05) is 11.9 Å². The molecule has 0 radical (unpaired) electrons. The number of esters is 1. The first-order valence-corrected chi connectivity index (χ1v) is 14.8. The highest BCUT2D eigenvalue weighted by atomic mass is 32.1. The molecule has 2 N–H and O–H groups in total. The van der Waals surface area contributed by atoms with Gasteiger partial charge >= 0.3 is 11.9 Å². The van der Waals surface area contributed by atoms with Crippen LogP contribution in [0.25, 0.3) is 5.00 Å². The van der Waals surface area contributed by atoms with Crippen LogP contribution in [0.15, 0.2) is 53.5 Å². The van der Waals surface area contributed by atoms with Gasteiger partial charge in [-0.05, 0) is 90.4 Å². The zero-order valence-corrected chi connectivity index (χ0v) is 26.1. The Hall–Kier alpha value is -4.51. The van der Waals surface area contributed by atoms with E-state index in [2.05, 4.69) is 29.4 Å². The summed E-state index contributed by atoms with van der Waals surface area (Å²) in [4.78, 5) is 30.2. The van der Waals surface area contributed by atoms with Crippen LogP contribution in [0.1, 0.15) is 67.0 Å². The van der Waals surface area contributed by atoms with Gasteiger partial charge in [-0.1, -0.05) is 12.1 Å². The largest absolute Gasteiger partial charge is 0.482 e. The number of nitrogens with one attached hydrogen (secondary N) is 1. The minimum absolute atomic E-state index is 0.163. The van der Waals surface area contributed by atoms with E-state index in [0.717, 1.165) is 43.7 Å². The Bertz CT molecular complexity index is 1700. The quantitative estimate of drug-likeness (QED) is 0.224. The number of aromatic nitrogens is 3. The van der Waals surface area contributed by atoms with E-state index in [-0.39, 0.29) is 6.61 Å². The van der Waals surface area contributed by atoms with Crippen LogP contribution in [0.5, 0.6) is 5.75 Å². The maximum atomic E-state index is 12.1. The number of carbonyl (C=O) groups excluding carboxylic acids is 1. The SMILES string of the molecule is Cc1sc2c(c1C)C(c1ccc(Nc3ccc(OCC(=O)OC(C)(C)C)cc3)cc1)=N[C@@H](C(C)C(=O)O)c1nnc(C)n1-2. The van der Waals surface area contributed by atoms with E-state index in [1.54, 1.807) is 30.4 Å². The number of rotatable bonds is 8. The predicted octanol–water partition coefficient (Wildman–Crippen LogP) is 6.33. The third kappa shape index (κ3) is 6.31. The predicted molar refractivity (Wildman–Crippen MR) is 166 cm³/mol. The summed E-state index contributed by atoms with van der Waals surface area (Å²) in [5.41, 5.74) is 4.82. The van der Waals surface area contributed by atoms with Gasteiger partial charge in [0.05, 0.1) is 11.6 Å². The fraction of sp³-hybridized carbons (Fsp3) is 0.344. The van der Waals surface area contributed by atoms with Gasteiger partial charge in [0.25, 0.3) is 0 Å². The molecule has 0 spiro atoms. The number of nitrogens with zero attached hydrogens (tertiary/aromatic N) is 4. The first-order chi connectivity index (χ1) is 20.3. The number of hydrogen-bond acceptors (Lipinski definition) is 9. The zero-order chi connectivity index (χ0) is 31.1. The summed E-state index contributed by atoms with van der Waals surface area (Å²) in [6.07, 6.45) is 0. The molecule has 1 unspecified atom stereocenters. The van der Waals surface area contributed by atoms with E-state index >= 15 is 0 Å². The van der Waals surface area contributed by atoms with Crippen LogP contribution in [0.3, 0.4) is 0 Å². The molecule has 0 bridgehead atoms. The Labute approximate surface area is 254 Å². The van der Waals surface area contributed by atoms with E-state index < -0.39 is 29.5 Å². The number of anilines is 2. The molecule has 0 amide bonds. The minimum atomic E-state index is -0.945. The van der Waals surface area contributed by atoms with Gasteiger partial charge in [-0.3, -0.25) is 14.4 Å². The van der Waals surface area contributed by atoms with E-state index in [9.17, 15) is 14.7 Å². The first-order valence-electron chi connectivity index (χ1n) is 14.0. The molecule has 3 heterocycles. The van der Waals surface area contributed by atoms with Crippen LogP contribution < -0.4 is 10.1 Å². The van der Waals surface area contributed by atoms with Crippen molar-refractivity contribution in [3.8, 4) is 10.8 Å². The molecular weight excluding hydrogens is 566 g/mol. The number of ether oxygens (including phenoxy) is 2. The normalized spacial score (nSPS) is 15.0. The Morgan fingerprint density at radius 1 is 1.02 bits per heavy atom. The molecule has 0 aliphatic carbocycles. The second kappa shape index (κ2) is 11.6. The highest BCUT2D eigenvalue weighted by molar-refractivity contribution is 7.15. The fourth-order valence-electron chi connectivity index (χ4n) is 4.84. The van der Waals surface area contributed by atoms with E-state index in [0.29, 0.717) is 17.4 Å². The van der Waals surface area contributed by atoms with Crippen molar-refractivity contribution in [3.05, 3.63) is 81.7 Å². The van der Waals surface area contributed by atoms with Crippen molar-refractivity contribution < 1.29 is 24.2 Å². The van der Waals surface area contributed by atoms with Crippen molar-refractivity contribution in [2.24, 2.45) is 10.9 Å². The van der Waals surface area contributed by atoms with Crippen LogP contribution in [-0.2, 0) is 14.3 Å². The summed E-state index contributed by atoms with van der Waals surface area (Å²) in [5.74, 6) is -0.387. The Morgan fingerprint density at radius 3 is 2.26 bits per heavy atom. The molecule has 0 fully saturated rings. The molecule has 5 rings (SSSR count). The summed E-state index contributed by atoms with van der Waals surface area (Å²) in [5, 5.41) is 22.9. The molecule has 2 aromatic heterocycles. The molecule has 4 aromatic rings. The number of hydrogen-bond donors (Lipinski definition) is 2. The van der Waals surface area contributed by atoms with Crippen molar-refractivity contribution in [2.45, 2.75) is 60.1 Å². The van der Waals surface area contributed by atoms with E-state index in [1.807, 2.05) is 68.7 Å². The third-order valence-corrected chi connectivity index (χ3v) is 8.32. The molecular formula is C32H35N5O5S. The lowest BCUT2D eigenvalue weighted by molar-refractivity contribution is -0.157. The van der Waals surface area contributed by atoms with E-state index in [1.165, 1.54) is 0 Å². The topological polar surface area (TPSA) is 128 Å². The van der Waals surface area contributed by atoms with Gasteiger partial charge in [-0.25, -0.2) is 4.79 Å². The molecule has 0 saturated carbocycles. The van der Waals surface area contributed by atoms with Gasteiger partial charge in [0, 0.05) is 27.4 Å². The molecule has 2 atom stereocenters. The number of carbonyl (C=O) groups is 2. The van der Waals surface area contributed by atoms with Gasteiger partial charge in [-0.2, -0.15) is 0 Å². The molecule has 11 heteroatoms. The number of fused-ring (bicyclic) bond motifs is 3. The lowest BCUT2D eigenvalue weighted by atomic mass is 9.98. The van der Waals surface area contributed by atoms with Gasteiger partial charge in [-0.15, -0.1) is 21.5 Å². The van der Waals surface area contributed by atoms with Gasteiger partial charge in [0.1, 0.15) is 28.2 Å². The number of aryl methyl sites for hydroxylation is 2. The lowest BCUT2D eigenvalue weighted by Crippen LogP contribution is -2.27. The molecule has 10 nitrogen and oxygen atoms in total. The van der Waals surface area contributed by atoms with Crippen LogP contribution in [0, 0.1) is 26.7 Å². The Balaban J connectivity index is 1.39. The van der Waals surface area contributed by atoms with Crippen LogP contribution in [-0.4, -0.2) is 49.7 Å². The number of aliphatic carboxylic acids is 1. The number of aliphatic imine (C=N–C) groups is 1. The number of carboxylic acids is 1.